The molecule has 1 unspecified atom stereocenters. The molecule has 1 aliphatic heterocycles. The van der Waals surface area contributed by atoms with E-state index in [1.165, 1.54) is 25.7 Å². The van der Waals surface area contributed by atoms with Crippen LogP contribution in [0, 0.1) is 6.92 Å². The number of carbonyl (C=O) groups excluding carboxylic acids is 1. The van der Waals surface area contributed by atoms with Gasteiger partial charge in [0.15, 0.2) is 0 Å². The Morgan fingerprint density at radius 3 is 2.31 bits per heavy atom. The third kappa shape index (κ3) is 6.32. The van der Waals surface area contributed by atoms with Crippen molar-refractivity contribution in [3.05, 3.63) is 44.8 Å². The van der Waals surface area contributed by atoms with Crippen molar-refractivity contribution in [2.75, 3.05) is 0 Å². The zero-order valence-corrected chi connectivity index (χ0v) is 15.7. The number of nitrogens with one attached hydrogen (secondary N) is 1. The second kappa shape index (κ2) is 10.1. The first-order chi connectivity index (χ1) is 12.5. The predicted molar refractivity (Wildman–Crippen MR) is 101 cm³/mol. The zero-order valence-electron chi connectivity index (χ0n) is 15.7. The van der Waals surface area contributed by atoms with Crippen LogP contribution in [0.1, 0.15) is 69.8 Å². The summed E-state index contributed by atoms with van der Waals surface area (Å²) in [6.07, 6.45) is 12.4. The maximum absolute atomic E-state index is 11.7. The second-order valence-corrected chi connectivity index (χ2v) is 7.22. The smallest absolute Gasteiger partial charge is 0.333 e. The van der Waals surface area contributed by atoms with Gasteiger partial charge in [0.05, 0.1) is 0 Å². The van der Waals surface area contributed by atoms with Gasteiger partial charge in [-0.25, -0.2) is 9.59 Å². The molecular weight excluding hydrogens is 332 g/mol. The number of unbranched alkanes of at least 4 members (excludes halogenated alkanes) is 7. The number of H-pyrrole nitrogens is 1. The maximum Gasteiger partial charge on any atom is 0.333 e. The van der Waals surface area contributed by atoms with Crippen molar-refractivity contribution in [1.29, 1.82) is 0 Å². The van der Waals surface area contributed by atoms with E-state index in [1.54, 1.807) is 17.7 Å². The van der Waals surface area contributed by atoms with Crippen molar-refractivity contribution in [2.24, 2.45) is 0 Å². The van der Waals surface area contributed by atoms with E-state index in [4.69, 9.17) is 4.74 Å². The summed E-state index contributed by atoms with van der Waals surface area (Å²) in [5, 5.41) is 0. The molecule has 1 aliphatic rings. The number of esters is 1. The molecule has 1 fully saturated rings. The van der Waals surface area contributed by atoms with Gasteiger partial charge in [-0.3, -0.25) is 9.78 Å². The second-order valence-electron chi connectivity index (χ2n) is 7.22. The number of aromatic nitrogens is 2. The van der Waals surface area contributed by atoms with E-state index in [2.05, 4.69) is 11.6 Å². The molecule has 0 radical (unpaired) electrons. The molecule has 1 aromatic heterocycles. The first kappa shape index (κ1) is 20.2. The predicted octanol–water partition coefficient (Wildman–Crippen LogP) is 3.23. The van der Waals surface area contributed by atoms with E-state index in [0.717, 1.165) is 32.1 Å². The number of hydrogen-bond donors (Lipinski definition) is 1. The van der Waals surface area contributed by atoms with E-state index in [9.17, 15) is 14.4 Å². The molecule has 6 nitrogen and oxygen atoms in total. The summed E-state index contributed by atoms with van der Waals surface area (Å²) >= 11 is 0. The molecule has 1 N–H and O–H groups in total. The average Bonchev–Trinajstić information content (AvgIpc) is 2.91. The number of ether oxygens (including phenoxy) is 1. The van der Waals surface area contributed by atoms with Crippen molar-refractivity contribution >= 4 is 5.97 Å². The fourth-order valence-corrected chi connectivity index (χ4v) is 3.29. The van der Waals surface area contributed by atoms with Gasteiger partial charge in [0, 0.05) is 30.3 Å². The molecule has 26 heavy (non-hydrogen) atoms. The van der Waals surface area contributed by atoms with E-state index < -0.39 is 0 Å². The minimum Gasteiger partial charge on any atom is -0.459 e. The van der Waals surface area contributed by atoms with Crippen molar-refractivity contribution in [3.8, 4) is 0 Å². The lowest BCUT2D eigenvalue weighted by Gasteiger charge is -2.08. The number of hydrogen-bond acceptors (Lipinski definition) is 4. The summed E-state index contributed by atoms with van der Waals surface area (Å²) in [4.78, 5) is 36.6. The van der Waals surface area contributed by atoms with Gasteiger partial charge < -0.3 is 9.30 Å². The van der Waals surface area contributed by atoms with Gasteiger partial charge in [0.25, 0.3) is 5.56 Å². The Morgan fingerprint density at radius 1 is 1.08 bits per heavy atom. The quantitative estimate of drug-likeness (QED) is 0.372. The van der Waals surface area contributed by atoms with Gasteiger partial charge in [-0.15, -0.1) is 0 Å². The molecular formula is C20H30N2O4. The first-order valence-electron chi connectivity index (χ1n) is 9.66. The van der Waals surface area contributed by atoms with Crippen LogP contribution in [-0.4, -0.2) is 21.6 Å². The van der Waals surface area contributed by atoms with E-state index >= 15 is 0 Å². The van der Waals surface area contributed by atoms with Crippen LogP contribution in [0.15, 0.2) is 27.9 Å². The van der Waals surface area contributed by atoms with E-state index in [1.807, 2.05) is 0 Å². The third-order valence-corrected chi connectivity index (χ3v) is 4.90. The van der Waals surface area contributed by atoms with Gasteiger partial charge in [-0.2, -0.15) is 0 Å². The number of aryl methyl sites for hydroxylation is 2. The Bertz CT molecular complexity index is 716. The fourth-order valence-electron chi connectivity index (χ4n) is 3.29. The summed E-state index contributed by atoms with van der Waals surface area (Å²) in [7, 11) is 0. The SMILES string of the molecule is C=C1CC(CCCCCCCCCCn2cc(C)c(=O)[nH]c2=O)OC1=O. The minimum atomic E-state index is -0.322. The first-order valence-corrected chi connectivity index (χ1v) is 9.66. The minimum absolute atomic E-state index is 0.0509. The zero-order chi connectivity index (χ0) is 18.9. The number of carbonyl (C=O) groups is 1. The number of cyclic esters (lactones) is 1. The highest BCUT2D eigenvalue weighted by molar-refractivity contribution is 5.89. The van der Waals surface area contributed by atoms with Gasteiger partial charge >= 0.3 is 11.7 Å². The molecule has 0 bridgehead atoms. The number of rotatable bonds is 11. The summed E-state index contributed by atoms with van der Waals surface area (Å²) in [6, 6.07) is 0. The van der Waals surface area contributed by atoms with E-state index in [-0.39, 0.29) is 23.3 Å². The number of nitrogens with zero attached hydrogens (tertiary/aromatic N) is 1. The lowest BCUT2D eigenvalue weighted by Crippen LogP contribution is -2.30. The normalized spacial score (nSPS) is 16.9. The molecule has 2 heterocycles. The van der Waals surface area contributed by atoms with Crippen LogP contribution in [0.4, 0.5) is 0 Å². The Balaban J connectivity index is 1.46. The highest BCUT2D eigenvalue weighted by atomic mass is 16.5. The molecule has 6 heteroatoms. The van der Waals surface area contributed by atoms with Crippen molar-refractivity contribution < 1.29 is 9.53 Å². The average molecular weight is 362 g/mol. The van der Waals surface area contributed by atoms with Gasteiger partial charge in [0.1, 0.15) is 6.10 Å². The van der Waals surface area contributed by atoms with Gasteiger partial charge in [0.2, 0.25) is 0 Å². The van der Waals surface area contributed by atoms with Crippen LogP contribution in [0.5, 0.6) is 0 Å². The van der Waals surface area contributed by atoms with Crippen molar-refractivity contribution in [1.82, 2.24) is 9.55 Å². The maximum atomic E-state index is 11.7. The summed E-state index contributed by atoms with van der Waals surface area (Å²) < 4.78 is 6.81. The summed E-state index contributed by atoms with van der Waals surface area (Å²) in [5.41, 5.74) is 0.551. The van der Waals surface area contributed by atoms with Gasteiger partial charge in [-0.05, 0) is 26.2 Å². The molecule has 1 aromatic rings. The Morgan fingerprint density at radius 2 is 1.69 bits per heavy atom. The molecule has 0 amide bonds. The largest absolute Gasteiger partial charge is 0.459 e. The molecule has 0 spiro atoms. The monoisotopic (exact) mass is 362 g/mol. The van der Waals surface area contributed by atoms with Crippen LogP contribution in [0.3, 0.4) is 0 Å². The lowest BCUT2D eigenvalue weighted by atomic mass is 10.0. The molecule has 1 atom stereocenters. The molecule has 1 saturated heterocycles. The molecule has 144 valence electrons. The fraction of sp³-hybridized carbons (Fsp3) is 0.650. The molecule has 0 saturated carbocycles. The van der Waals surface area contributed by atoms with Crippen molar-refractivity contribution in [2.45, 2.75) is 83.8 Å². The van der Waals surface area contributed by atoms with Crippen LogP contribution >= 0.6 is 0 Å². The van der Waals surface area contributed by atoms with Crippen LogP contribution in [0.25, 0.3) is 0 Å². The topological polar surface area (TPSA) is 81.2 Å². The van der Waals surface area contributed by atoms with Crippen molar-refractivity contribution in [3.63, 3.8) is 0 Å². The highest BCUT2D eigenvalue weighted by Crippen LogP contribution is 2.23. The van der Waals surface area contributed by atoms with E-state index in [0.29, 0.717) is 24.1 Å². The van der Waals surface area contributed by atoms with Crippen LogP contribution in [-0.2, 0) is 16.1 Å². The standard InChI is InChI=1S/C20H30N2O4/c1-15-13-17(26-19(15)24)11-9-7-5-3-4-6-8-10-12-22-14-16(2)18(23)21-20(22)25/h14,17H,1,3-13H2,2H3,(H,21,23,25). The summed E-state index contributed by atoms with van der Waals surface area (Å²) in [6.45, 7) is 6.07. The Hall–Kier alpha value is -2.11. The van der Waals surface area contributed by atoms with Crippen LogP contribution < -0.4 is 11.2 Å². The third-order valence-electron chi connectivity index (χ3n) is 4.90. The Kier molecular flexibility index (Phi) is 7.88. The number of aromatic amines is 1. The molecule has 0 aromatic carbocycles. The Labute approximate surface area is 154 Å². The summed E-state index contributed by atoms with van der Waals surface area (Å²) in [5.74, 6) is -0.228. The molecule has 0 aliphatic carbocycles. The van der Waals surface area contributed by atoms with Crippen LogP contribution in [0.2, 0.25) is 0 Å². The lowest BCUT2D eigenvalue weighted by molar-refractivity contribution is -0.139. The molecule has 2 rings (SSSR count). The van der Waals surface area contributed by atoms with Gasteiger partial charge in [-0.1, -0.05) is 45.1 Å². The highest BCUT2D eigenvalue weighted by Gasteiger charge is 2.26.